The van der Waals surface area contributed by atoms with Crippen molar-refractivity contribution in [3.63, 3.8) is 0 Å². The average Bonchev–Trinajstić information content (AvgIpc) is 2.85. The van der Waals surface area contributed by atoms with E-state index in [1.54, 1.807) is 6.92 Å². The van der Waals surface area contributed by atoms with Crippen molar-refractivity contribution in [1.29, 1.82) is 0 Å². The van der Waals surface area contributed by atoms with E-state index in [9.17, 15) is 9.59 Å². The standard InChI is InChI=1S/C17H24Cl2N2O3/c1-14(2)10-5-6-15(14,3)11(7-10)20-21-12(22)8-24-13(23)16(4)9-17(16,18)19/h10H,5-9H2,1-4H3,(H,21,22)/b20-11+. The third-order valence-electron chi connectivity index (χ3n) is 6.87. The quantitative estimate of drug-likeness (QED) is 0.465. The van der Waals surface area contributed by atoms with Crippen LogP contribution in [0.2, 0.25) is 0 Å². The van der Waals surface area contributed by atoms with Crippen molar-refractivity contribution in [3.05, 3.63) is 0 Å². The van der Waals surface area contributed by atoms with Crippen molar-refractivity contribution >= 4 is 40.8 Å². The van der Waals surface area contributed by atoms with Crippen molar-refractivity contribution in [3.8, 4) is 0 Å². The van der Waals surface area contributed by atoms with Crippen LogP contribution in [0.1, 0.15) is 53.4 Å². The van der Waals surface area contributed by atoms with Gasteiger partial charge in [0.05, 0.1) is 0 Å². The Kier molecular flexibility index (Phi) is 4.00. The Morgan fingerprint density at radius 3 is 2.38 bits per heavy atom. The largest absolute Gasteiger partial charge is 0.455 e. The lowest BCUT2D eigenvalue weighted by Gasteiger charge is -2.34. The number of fused-ring (bicyclic) bond motifs is 2. The van der Waals surface area contributed by atoms with Gasteiger partial charge in [0.25, 0.3) is 5.91 Å². The zero-order valence-electron chi connectivity index (χ0n) is 14.5. The van der Waals surface area contributed by atoms with Crippen LogP contribution >= 0.6 is 23.2 Å². The monoisotopic (exact) mass is 374 g/mol. The second-order valence-corrected chi connectivity index (χ2v) is 9.86. The molecular formula is C17H24Cl2N2O3. The van der Waals surface area contributed by atoms with Gasteiger partial charge in [0, 0.05) is 17.5 Å². The van der Waals surface area contributed by atoms with Crippen LogP contribution in [0.25, 0.3) is 0 Å². The molecule has 3 saturated carbocycles. The summed E-state index contributed by atoms with van der Waals surface area (Å²) in [4.78, 5) is 23.9. The van der Waals surface area contributed by atoms with E-state index in [0.29, 0.717) is 12.3 Å². The van der Waals surface area contributed by atoms with E-state index in [1.807, 2.05) is 0 Å². The smallest absolute Gasteiger partial charge is 0.315 e. The third kappa shape index (κ3) is 2.47. The van der Waals surface area contributed by atoms with Crippen LogP contribution in [0.5, 0.6) is 0 Å². The number of rotatable bonds is 4. The predicted molar refractivity (Wildman–Crippen MR) is 92.9 cm³/mol. The number of nitrogens with one attached hydrogen (secondary N) is 1. The highest BCUT2D eigenvalue weighted by molar-refractivity contribution is 6.53. The van der Waals surface area contributed by atoms with E-state index in [-0.39, 0.29) is 17.4 Å². The van der Waals surface area contributed by atoms with Gasteiger partial charge in [0.2, 0.25) is 0 Å². The molecule has 3 rings (SSSR count). The minimum absolute atomic E-state index is 0.0277. The molecular weight excluding hydrogens is 351 g/mol. The number of hydrogen-bond donors (Lipinski definition) is 1. The molecule has 7 heteroatoms. The zero-order chi connectivity index (χ0) is 18.0. The van der Waals surface area contributed by atoms with Crippen molar-refractivity contribution in [2.75, 3.05) is 6.61 Å². The van der Waals surface area contributed by atoms with Gasteiger partial charge < -0.3 is 4.74 Å². The number of nitrogens with zero attached hydrogens (tertiary/aromatic N) is 1. The molecule has 0 spiro atoms. The molecule has 0 aromatic heterocycles. The van der Waals surface area contributed by atoms with Crippen LogP contribution in [0.15, 0.2) is 5.10 Å². The molecule has 3 aliphatic rings. The molecule has 0 radical (unpaired) electrons. The van der Waals surface area contributed by atoms with Crippen LogP contribution in [-0.4, -0.2) is 28.5 Å². The molecule has 0 aliphatic heterocycles. The van der Waals surface area contributed by atoms with Gasteiger partial charge in [0.1, 0.15) is 9.75 Å². The fourth-order valence-electron chi connectivity index (χ4n) is 4.17. The minimum Gasteiger partial charge on any atom is -0.455 e. The molecule has 3 atom stereocenters. The number of ether oxygens (including phenoxy) is 1. The minimum atomic E-state index is -1.09. The highest BCUT2D eigenvalue weighted by Gasteiger charge is 2.69. The van der Waals surface area contributed by atoms with Gasteiger partial charge in [-0.15, -0.1) is 23.2 Å². The Labute approximate surface area is 152 Å². The van der Waals surface area contributed by atoms with Gasteiger partial charge in [-0.2, -0.15) is 5.10 Å². The lowest BCUT2D eigenvalue weighted by Crippen LogP contribution is -2.35. The molecule has 0 saturated heterocycles. The molecule has 1 amide bonds. The third-order valence-corrected chi connectivity index (χ3v) is 7.97. The lowest BCUT2D eigenvalue weighted by molar-refractivity contribution is -0.153. The molecule has 0 aromatic carbocycles. The molecule has 0 aromatic rings. The molecule has 134 valence electrons. The first-order valence-electron chi connectivity index (χ1n) is 8.35. The maximum atomic E-state index is 11.9. The molecule has 1 N–H and O–H groups in total. The summed E-state index contributed by atoms with van der Waals surface area (Å²) in [5.41, 5.74) is 2.87. The van der Waals surface area contributed by atoms with Gasteiger partial charge in [-0.3, -0.25) is 9.59 Å². The van der Waals surface area contributed by atoms with E-state index in [0.717, 1.165) is 18.6 Å². The highest BCUT2D eigenvalue weighted by atomic mass is 35.5. The van der Waals surface area contributed by atoms with Crippen molar-refractivity contribution in [2.24, 2.45) is 27.3 Å². The van der Waals surface area contributed by atoms with Crippen LogP contribution in [0, 0.1) is 22.2 Å². The summed E-state index contributed by atoms with van der Waals surface area (Å²) < 4.78 is 3.93. The van der Waals surface area contributed by atoms with Gasteiger partial charge in [-0.1, -0.05) is 20.8 Å². The topological polar surface area (TPSA) is 67.8 Å². The van der Waals surface area contributed by atoms with Crippen LogP contribution < -0.4 is 5.43 Å². The summed E-state index contributed by atoms with van der Waals surface area (Å²) in [6.45, 7) is 8.03. The highest BCUT2D eigenvalue weighted by Crippen LogP contribution is 2.64. The average molecular weight is 375 g/mol. The van der Waals surface area contributed by atoms with Gasteiger partial charge in [0.15, 0.2) is 6.61 Å². The Morgan fingerprint density at radius 1 is 1.29 bits per heavy atom. The first-order chi connectivity index (χ1) is 10.9. The Balaban J connectivity index is 1.53. The molecule has 0 heterocycles. The predicted octanol–water partition coefficient (Wildman–Crippen LogP) is 3.43. The maximum absolute atomic E-state index is 11.9. The van der Waals surface area contributed by atoms with E-state index in [4.69, 9.17) is 27.9 Å². The molecule has 3 fully saturated rings. The van der Waals surface area contributed by atoms with Crippen molar-refractivity contribution in [1.82, 2.24) is 5.43 Å². The molecule has 3 unspecified atom stereocenters. The maximum Gasteiger partial charge on any atom is 0.315 e. The van der Waals surface area contributed by atoms with Crippen LogP contribution in [0.3, 0.4) is 0 Å². The summed E-state index contributed by atoms with van der Waals surface area (Å²) in [6.07, 6.45) is 3.56. The number of carbonyl (C=O) groups is 2. The summed E-state index contributed by atoms with van der Waals surface area (Å²) in [5, 5.41) is 4.33. The van der Waals surface area contributed by atoms with Gasteiger partial charge in [-0.25, -0.2) is 5.43 Å². The van der Waals surface area contributed by atoms with E-state index < -0.39 is 21.6 Å². The number of esters is 1. The zero-order valence-corrected chi connectivity index (χ0v) is 16.1. The first kappa shape index (κ1) is 18.0. The van der Waals surface area contributed by atoms with Crippen LogP contribution in [-0.2, 0) is 14.3 Å². The molecule has 2 bridgehead atoms. The number of carbonyl (C=O) groups excluding carboxylic acids is 2. The lowest BCUT2D eigenvalue weighted by atomic mass is 9.70. The molecule has 3 aliphatic carbocycles. The van der Waals surface area contributed by atoms with Crippen LogP contribution in [0.4, 0.5) is 0 Å². The number of amides is 1. The summed E-state index contributed by atoms with van der Waals surface area (Å²) in [5.74, 6) is -0.381. The summed E-state index contributed by atoms with van der Waals surface area (Å²) in [6, 6.07) is 0. The first-order valence-corrected chi connectivity index (χ1v) is 9.11. The summed E-state index contributed by atoms with van der Waals surface area (Å²) in [7, 11) is 0. The number of halogens is 2. The van der Waals surface area contributed by atoms with Crippen molar-refractivity contribution < 1.29 is 14.3 Å². The Morgan fingerprint density at radius 2 is 1.92 bits per heavy atom. The molecule has 24 heavy (non-hydrogen) atoms. The van der Waals surface area contributed by atoms with Gasteiger partial charge in [-0.05, 0) is 37.5 Å². The normalized spacial score (nSPS) is 39.8. The van der Waals surface area contributed by atoms with Crippen molar-refractivity contribution in [2.45, 2.75) is 57.7 Å². The Bertz CT molecular complexity index is 631. The number of hydrogen-bond acceptors (Lipinski definition) is 4. The fraction of sp³-hybridized carbons (Fsp3) is 0.824. The van der Waals surface area contributed by atoms with E-state index in [2.05, 4.69) is 31.3 Å². The number of hydrazone groups is 1. The second kappa shape index (κ2) is 5.34. The van der Waals surface area contributed by atoms with E-state index >= 15 is 0 Å². The molecule has 5 nitrogen and oxygen atoms in total. The second-order valence-electron chi connectivity index (χ2n) is 8.38. The van der Waals surface area contributed by atoms with Gasteiger partial charge >= 0.3 is 5.97 Å². The SMILES string of the molecule is CC1(C(=O)OCC(=O)N/N=C2\CC3CCC2(C)C3(C)C)CC1(Cl)Cl. The van der Waals surface area contributed by atoms with E-state index in [1.165, 1.54) is 6.42 Å². The Hall–Kier alpha value is -0.810. The summed E-state index contributed by atoms with van der Waals surface area (Å²) >= 11 is 11.9. The fourth-order valence-corrected chi connectivity index (χ4v) is 4.86. The number of alkyl halides is 2.